The summed E-state index contributed by atoms with van der Waals surface area (Å²) in [6.07, 6.45) is 0. The number of hydrogen-bond donors (Lipinski definition) is 0. The highest BCUT2D eigenvalue weighted by atomic mass is 79.9. The van der Waals surface area contributed by atoms with Crippen molar-refractivity contribution in [1.29, 1.82) is 0 Å². The number of carbonyl (C=O) groups excluding carboxylic acids is 1. The van der Waals surface area contributed by atoms with Gasteiger partial charge in [0.25, 0.3) is 0 Å². The van der Waals surface area contributed by atoms with E-state index in [9.17, 15) is 4.79 Å². The van der Waals surface area contributed by atoms with E-state index in [1.165, 1.54) is 16.8 Å². The first-order valence-electron chi connectivity index (χ1n) is 6.03. The summed E-state index contributed by atoms with van der Waals surface area (Å²) < 4.78 is 2.23. The predicted octanol–water partition coefficient (Wildman–Crippen LogP) is -0.618. The number of nitrogens with zero attached hydrogens (tertiary/aromatic N) is 2. The number of aromatic nitrogens is 1. The smallest absolute Gasteiger partial charge is 0.344 e. The Morgan fingerprint density at radius 3 is 2.63 bits per heavy atom. The van der Waals surface area contributed by atoms with Crippen LogP contribution in [0.1, 0.15) is 12.5 Å². The lowest BCUT2D eigenvalue weighted by atomic mass is 10.1. The van der Waals surface area contributed by atoms with Gasteiger partial charge in [0.2, 0.25) is 0 Å². The van der Waals surface area contributed by atoms with Crippen molar-refractivity contribution in [2.75, 3.05) is 11.4 Å². The second-order valence-electron chi connectivity index (χ2n) is 4.59. The quantitative estimate of drug-likeness (QED) is 0.636. The third-order valence-corrected chi connectivity index (χ3v) is 4.30. The Hall–Kier alpha value is -1.20. The normalized spacial score (nSPS) is 13.1. The van der Waals surface area contributed by atoms with Gasteiger partial charge in [0.05, 0.1) is 0 Å². The molecule has 0 aliphatic carbocycles. The molecule has 1 aromatic carbocycles. The molecule has 0 radical (unpaired) electrons. The summed E-state index contributed by atoms with van der Waals surface area (Å²) in [7, 11) is 0. The molecule has 1 amide bonds. The fraction of sp³-hybridized carbons (Fsp3) is 0.286. The van der Waals surface area contributed by atoms with Crippen molar-refractivity contribution < 1.29 is 26.3 Å². The molecular weight excluding hydrogens is 324 g/mol. The number of hydrogen-bond acceptors (Lipinski definition) is 2. The number of fused-ring (bicyclic) bond motifs is 1. The number of amides is 1. The zero-order chi connectivity index (χ0) is 12.7. The van der Waals surface area contributed by atoms with Gasteiger partial charge in [-0.1, -0.05) is 41.2 Å². The lowest BCUT2D eigenvalue weighted by Gasteiger charge is -2.00. The molecule has 1 aromatic heterocycles. The molecule has 19 heavy (non-hydrogen) atoms. The fourth-order valence-corrected chi connectivity index (χ4v) is 3.44. The number of benzene rings is 1. The van der Waals surface area contributed by atoms with Gasteiger partial charge in [-0.3, -0.25) is 0 Å². The SMILES string of the molecule is CC(=O)N1CC[n+]2c(-c3ccc(C)cc3)csc21.[Br-]. The van der Waals surface area contributed by atoms with Crippen molar-refractivity contribution in [3.63, 3.8) is 0 Å². The molecule has 2 heterocycles. The molecule has 0 spiro atoms. The molecule has 100 valence electrons. The van der Waals surface area contributed by atoms with Crippen molar-refractivity contribution in [3.8, 4) is 11.3 Å². The predicted molar refractivity (Wildman–Crippen MR) is 72.7 cm³/mol. The third kappa shape index (κ3) is 2.44. The summed E-state index contributed by atoms with van der Waals surface area (Å²) >= 11 is 1.64. The summed E-state index contributed by atoms with van der Waals surface area (Å²) in [6.45, 7) is 5.40. The van der Waals surface area contributed by atoms with Crippen LogP contribution < -0.4 is 26.4 Å². The first-order valence-corrected chi connectivity index (χ1v) is 6.91. The van der Waals surface area contributed by atoms with Crippen LogP contribution in [0.15, 0.2) is 29.6 Å². The topological polar surface area (TPSA) is 24.2 Å². The summed E-state index contributed by atoms with van der Waals surface area (Å²) in [6, 6.07) is 8.53. The molecule has 0 N–H and O–H groups in total. The zero-order valence-corrected chi connectivity index (χ0v) is 13.3. The molecule has 2 aromatic rings. The first-order chi connectivity index (χ1) is 8.66. The molecule has 0 bridgehead atoms. The number of aryl methyl sites for hydroxylation is 1. The Balaban J connectivity index is 0.00000133. The van der Waals surface area contributed by atoms with Crippen LogP contribution in [0.3, 0.4) is 0 Å². The van der Waals surface area contributed by atoms with Crippen LogP contribution in [-0.2, 0) is 11.3 Å². The Bertz CT molecular complexity index is 606. The number of anilines is 1. The maximum absolute atomic E-state index is 11.5. The zero-order valence-electron chi connectivity index (χ0n) is 10.9. The van der Waals surface area contributed by atoms with Crippen molar-refractivity contribution in [3.05, 3.63) is 35.2 Å². The van der Waals surface area contributed by atoms with Crippen molar-refractivity contribution >= 4 is 22.4 Å². The van der Waals surface area contributed by atoms with Crippen molar-refractivity contribution in [1.82, 2.24) is 0 Å². The fourth-order valence-electron chi connectivity index (χ4n) is 2.30. The van der Waals surface area contributed by atoms with Gasteiger partial charge < -0.3 is 17.0 Å². The van der Waals surface area contributed by atoms with Gasteiger partial charge in [-0.25, -0.2) is 9.36 Å². The summed E-state index contributed by atoms with van der Waals surface area (Å²) in [5.41, 5.74) is 3.69. The second kappa shape index (κ2) is 5.43. The van der Waals surface area contributed by atoms with E-state index in [4.69, 9.17) is 0 Å². The third-order valence-electron chi connectivity index (χ3n) is 3.30. The van der Waals surface area contributed by atoms with Gasteiger partial charge in [0.1, 0.15) is 18.8 Å². The Labute approximate surface area is 127 Å². The Morgan fingerprint density at radius 2 is 2.00 bits per heavy atom. The number of thiazole rings is 1. The van der Waals surface area contributed by atoms with Crippen molar-refractivity contribution in [2.45, 2.75) is 20.4 Å². The summed E-state index contributed by atoms with van der Waals surface area (Å²) in [4.78, 5) is 13.4. The van der Waals surface area contributed by atoms with Crippen LogP contribution in [0.2, 0.25) is 0 Å². The number of carbonyl (C=O) groups is 1. The van der Waals surface area contributed by atoms with E-state index in [-0.39, 0.29) is 22.9 Å². The van der Waals surface area contributed by atoms with Crippen LogP contribution in [-0.4, -0.2) is 12.5 Å². The second-order valence-corrected chi connectivity index (χ2v) is 5.43. The monoisotopic (exact) mass is 338 g/mol. The van der Waals surface area contributed by atoms with Gasteiger partial charge in [0.15, 0.2) is 0 Å². The minimum absolute atomic E-state index is 0. The molecule has 1 aliphatic heterocycles. The van der Waals surface area contributed by atoms with E-state index in [1.54, 1.807) is 18.3 Å². The van der Waals surface area contributed by atoms with Crippen LogP contribution in [0.4, 0.5) is 5.13 Å². The van der Waals surface area contributed by atoms with E-state index in [0.29, 0.717) is 0 Å². The summed E-state index contributed by atoms with van der Waals surface area (Å²) in [5, 5.41) is 3.19. The molecule has 0 saturated carbocycles. The highest BCUT2D eigenvalue weighted by molar-refractivity contribution is 7.13. The number of halogens is 1. The lowest BCUT2D eigenvalue weighted by Crippen LogP contribution is -3.00. The maximum atomic E-state index is 11.5. The van der Waals surface area contributed by atoms with Crippen LogP contribution in [0.25, 0.3) is 11.3 Å². The Kier molecular flexibility index (Phi) is 4.06. The largest absolute Gasteiger partial charge is 1.00 e. The van der Waals surface area contributed by atoms with E-state index in [0.717, 1.165) is 18.2 Å². The van der Waals surface area contributed by atoms with Gasteiger partial charge in [0, 0.05) is 17.9 Å². The van der Waals surface area contributed by atoms with Crippen LogP contribution >= 0.6 is 11.3 Å². The van der Waals surface area contributed by atoms with Gasteiger partial charge >= 0.3 is 11.0 Å². The molecule has 5 heteroatoms. The molecular formula is C14H15BrN2OS. The van der Waals surface area contributed by atoms with E-state index >= 15 is 0 Å². The summed E-state index contributed by atoms with van der Waals surface area (Å²) in [5.74, 6) is 0.124. The molecule has 0 unspecified atom stereocenters. The van der Waals surface area contributed by atoms with Crippen LogP contribution in [0.5, 0.6) is 0 Å². The number of rotatable bonds is 1. The average Bonchev–Trinajstić information content (AvgIpc) is 2.90. The van der Waals surface area contributed by atoms with Crippen LogP contribution in [0, 0.1) is 6.92 Å². The Morgan fingerprint density at radius 1 is 1.32 bits per heavy atom. The lowest BCUT2D eigenvalue weighted by molar-refractivity contribution is -0.655. The van der Waals surface area contributed by atoms with Gasteiger partial charge in [-0.15, -0.1) is 0 Å². The standard InChI is InChI=1S/C14H15N2OS.BrH/c1-10-3-5-12(6-4-10)13-9-18-14-15(11(2)17)7-8-16(13)14;/h3-6,9H,7-8H2,1-2H3;1H/q+1;/p-1. The first kappa shape index (κ1) is 14.2. The minimum Gasteiger partial charge on any atom is -1.00 e. The van der Waals surface area contributed by atoms with Crippen molar-refractivity contribution in [2.24, 2.45) is 0 Å². The highest BCUT2D eigenvalue weighted by Crippen LogP contribution is 2.28. The minimum atomic E-state index is 0. The molecule has 3 nitrogen and oxygen atoms in total. The van der Waals surface area contributed by atoms with Gasteiger partial charge in [-0.05, 0) is 6.92 Å². The molecule has 1 aliphatic rings. The van der Waals surface area contributed by atoms with E-state index in [1.807, 2.05) is 4.90 Å². The van der Waals surface area contributed by atoms with E-state index < -0.39 is 0 Å². The molecule has 0 fully saturated rings. The molecule has 0 atom stereocenters. The highest BCUT2D eigenvalue weighted by Gasteiger charge is 2.35. The molecule has 3 rings (SSSR count). The maximum Gasteiger partial charge on any atom is 0.344 e. The van der Waals surface area contributed by atoms with E-state index in [2.05, 4.69) is 41.1 Å². The van der Waals surface area contributed by atoms with Gasteiger partial charge in [-0.2, -0.15) is 4.90 Å². The molecule has 0 saturated heterocycles. The average molecular weight is 339 g/mol.